The standard InChI is InChI=1S/C15H14N4OS/c1-9-6-11(19-20-9)8-17-15-12(14(16)21)7-10-4-2-3-5-13(10)18-15/h2-7H,8H2,1H3,(H2,16,21)(H,17,18). The quantitative estimate of drug-likeness (QED) is 0.721. The van der Waals surface area contributed by atoms with E-state index in [1.54, 1.807) is 0 Å². The van der Waals surface area contributed by atoms with Crippen LogP contribution in [0.1, 0.15) is 17.0 Å². The number of hydrogen-bond donors (Lipinski definition) is 2. The molecule has 3 rings (SSSR count). The number of benzene rings is 1. The Bertz CT molecular complexity index is 812. The third-order valence-corrected chi connectivity index (χ3v) is 3.32. The zero-order valence-electron chi connectivity index (χ0n) is 11.5. The first-order valence-electron chi connectivity index (χ1n) is 6.49. The normalized spacial score (nSPS) is 10.7. The highest BCUT2D eigenvalue weighted by atomic mass is 32.1. The number of aromatic nitrogens is 2. The number of thiocarbonyl (C=S) groups is 1. The summed E-state index contributed by atoms with van der Waals surface area (Å²) in [6.07, 6.45) is 0. The average molecular weight is 298 g/mol. The molecule has 21 heavy (non-hydrogen) atoms. The van der Waals surface area contributed by atoms with Gasteiger partial charge in [0, 0.05) is 11.5 Å². The summed E-state index contributed by atoms with van der Waals surface area (Å²) in [6.45, 7) is 2.35. The molecule has 0 spiro atoms. The van der Waals surface area contributed by atoms with Crippen molar-refractivity contribution in [3.63, 3.8) is 0 Å². The number of anilines is 1. The largest absolute Gasteiger partial charge is 0.389 e. The first kappa shape index (κ1) is 13.5. The number of pyridine rings is 1. The molecule has 0 radical (unpaired) electrons. The predicted molar refractivity (Wildman–Crippen MR) is 86.2 cm³/mol. The van der Waals surface area contributed by atoms with E-state index in [1.807, 2.05) is 43.3 Å². The van der Waals surface area contributed by atoms with Crippen LogP contribution in [0, 0.1) is 6.92 Å². The second kappa shape index (κ2) is 5.49. The molecule has 0 atom stereocenters. The molecule has 0 aliphatic carbocycles. The van der Waals surface area contributed by atoms with Crippen LogP contribution in [0.15, 0.2) is 40.9 Å². The molecule has 0 aliphatic rings. The maximum atomic E-state index is 5.80. The van der Waals surface area contributed by atoms with Crippen LogP contribution < -0.4 is 11.1 Å². The fraction of sp³-hybridized carbons (Fsp3) is 0.133. The van der Waals surface area contributed by atoms with E-state index in [2.05, 4.69) is 15.5 Å². The summed E-state index contributed by atoms with van der Waals surface area (Å²) in [4.78, 5) is 4.89. The number of nitrogens with two attached hydrogens (primary N) is 1. The number of fused-ring (bicyclic) bond motifs is 1. The Morgan fingerprint density at radius 1 is 1.33 bits per heavy atom. The van der Waals surface area contributed by atoms with Gasteiger partial charge in [-0.3, -0.25) is 0 Å². The minimum Gasteiger partial charge on any atom is -0.389 e. The third-order valence-electron chi connectivity index (χ3n) is 3.10. The lowest BCUT2D eigenvalue weighted by Crippen LogP contribution is -2.14. The number of hydrogen-bond acceptors (Lipinski definition) is 5. The van der Waals surface area contributed by atoms with Crippen molar-refractivity contribution in [3.8, 4) is 0 Å². The van der Waals surface area contributed by atoms with Gasteiger partial charge < -0.3 is 15.6 Å². The monoisotopic (exact) mass is 298 g/mol. The Kier molecular flexibility index (Phi) is 3.53. The number of nitrogens with one attached hydrogen (secondary N) is 1. The number of aryl methyl sites for hydroxylation is 1. The van der Waals surface area contributed by atoms with Crippen molar-refractivity contribution in [1.82, 2.24) is 10.1 Å². The van der Waals surface area contributed by atoms with Gasteiger partial charge in [-0.2, -0.15) is 0 Å². The zero-order chi connectivity index (χ0) is 14.8. The Morgan fingerprint density at radius 2 is 2.14 bits per heavy atom. The number of nitrogens with zero attached hydrogens (tertiary/aromatic N) is 2. The van der Waals surface area contributed by atoms with Crippen LogP contribution in [0.4, 0.5) is 5.82 Å². The molecule has 0 saturated heterocycles. The van der Waals surface area contributed by atoms with Crippen LogP contribution in [0.5, 0.6) is 0 Å². The van der Waals surface area contributed by atoms with Crippen LogP contribution in [-0.4, -0.2) is 15.1 Å². The lowest BCUT2D eigenvalue weighted by molar-refractivity contribution is 0.391. The molecule has 106 valence electrons. The van der Waals surface area contributed by atoms with Gasteiger partial charge in [0.15, 0.2) is 0 Å². The summed E-state index contributed by atoms with van der Waals surface area (Å²) in [5.41, 5.74) is 8.21. The van der Waals surface area contributed by atoms with Crippen molar-refractivity contribution in [2.24, 2.45) is 5.73 Å². The van der Waals surface area contributed by atoms with Gasteiger partial charge in [0.2, 0.25) is 0 Å². The molecule has 0 saturated carbocycles. The minimum absolute atomic E-state index is 0.312. The van der Waals surface area contributed by atoms with E-state index in [4.69, 9.17) is 22.5 Å². The lowest BCUT2D eigenvalue weighted by Gasteiger charge is -2.10. The van der Waals surface area contributed by atoms with Gasteiger partial charge in [-0.05, 0) is 19.1 Å². The first-order valence-corrected chi connectivity index (χ1v) is 6.90. The molecule has 0 amide bonds. The van der Waals surface area contributed by atoms with Crippen molar-refractivity contribution >= 4 is 33.9 Å². The summed E-state index contributed by atoms with van der Waals surface area (Å²) in [5, 5.41) is 8.16. The highest BCUT2D eigenvalue weighted by Gasteiger charge is 2.10. The number of para-hydroxylation sites is 1. The second-order valence-electron chi connectivity index (χ2n) is 4.72. The van der Waals surface area contributed by atoms with E-state index >= 15 is 0 Å². The molecule has 3 aromatic rings. The molecule has 1 aromatic carbocycles. The maximum absolute atomic E-state index is 5.80. The lowest BCUT2D eigenvalue weighted by atomic mass is 10.1. The van der Waals surface area contributed by atoms with Gasteiger partial charge >= 0.3 is 0 Å². The second-order valence-corrected chi connectivity index (χ2v) is 5.16. The first-order chi connectivity index (χ1) is 10.1. The molecule has 0 unspecified atom stereocenters. The van der Waals surface area contributed by atoms with Crippen molar-refractivity contribution in [2.75, 3.05) is 5.32 Å². The van der Waals surface area contributed by atoms with Crippen molar-refractivity contribution in [1.29, 1.82) is 0 Å². The highest BCUT2D eigenvalue weighted by molar-refractivity contribution is 7.80. The van der Waals surface area contributed by atoms with Gasteiger partial charge in [0.1, 0.15) is 22.3 Å². The minimum atomic E-state index is 0.312. The average Bonchev–Trinajstić information content (AvgIpc) is 2.89. The Morgan fingerprint density at radius 3 is 2.86 bits per heavy atom. The topological polar surface area (TPSA) is 77.0 Å². The van der Waals surface area contributed by atoms with E-state index in [0.717, 1.165) is 27.9 Å². The highest BCUT2D eigenvalue weighted by Crippen LogP contribution is 2.21. The Labute approximate surface area is 127 Å². The summed E-state index contributed by atoms with van der Waals surface area (Å²) >= 11 is 5.11. The van der Waals surface area contributed by atoms with Crippen LogP contribution in [0.3, 0.4) is 0 Å². The maximum Gasteiger partial charge on any atom is 0.137 e. The molecule has 6 heteroatoms. The van der Waals surface area contributed by atoms with E-state index < -0.39 is 0 Å². The van der Waals surface area contributed by atoms with Gasteiger partial charge in [-0.25, -0.2) is 4.98 Å². The Hall–Kier alpha value is -2.47. The smallest absolute Gasteiger partial charge is 0.137 e. The van der Waals surface area contributed by atoms with Gasteiger partial charge in [0.05, 0.1) is 17.6 Å². The van der Waals surface area contributed by atoms with E-state index in [0.29, 0.717) is 17.4 Å². The molecule has 0 aliphatic heterocycles. The van der Waals surface area contributed by atoms with Crippen LogP contribution in [0.2, 0.25) is 0 Å². The van der Waals surface area contributed by atoms with Gasteiger partial charge in [0.25, 0.3) is 0 Å². The fourth-order valence-electron chi connectivity index (χ4n) is 2.11. The summed E-state index contributed by atoms with van der Waals surface area (Å²) in [6, 6.07) is 11.6. The molecule has 5 nitrogen and oxygen atoms in total. The molecule has 2 heterocycles. The van der Waals surface area contributed by atoms with Gasteiger partial charge in [-0.15, -0.1) is 0 Å². The van der Waals surface area contributed by atoms with Gasteiger partial charge in [-0.1, -0.05) is 35.6 Å². The van der Waals surface area contributed by atoms with E-state index in [1.165, 1.54) is 0 Å². The molecule has 0 fully saturated rings. The molecule has 0 bridgehead atoms. The molecular formula is C15H14N4OS. The van der Waals surface area contributed by atoms with Crippen LogP contribution in [0.25, 0.3) is 10.9 Å². The van der Waals surface area contributed by atoms with Crippen molar-refractivity contribution in [3.05, 3.63) is 53.4 Å². The summed E-state index contributed by atoms with van der Waals surface area (Å²) < 4.78 is 5.04. The number of rotatable bonds is 4. The van der Waals surface area contributed by atoms with Crippen LogP contribution >= 0.6 is 12.2 Å². The van der Waals surface area contributed by atoms with Crippen molar-refractivity contribution in [2.45, 2.75) is 13.5 Å². The third kappa shape index (κ3) is 2.85. The molecule has 2 aromatic heterocycles. The predicted octanol–water partition coefficient (Wildman–Crippen LogP) is 2.78. The van der Waals surface area contributed by atoms with E-state index in [-0.39, 0.29) is 0 Å². The summed E-state index contributed by atoms with van der Waals surface area (Å²) in [7, 11) is 0. The van der Waals surface area contributed by atoms with Crippen molar-refractivity contribution < 1.29 is 4.52 Å². The molecule has 3 N–H and O–H groups in total. The molecular weight excluding hydrogens is 284 g/mol. The Balaban J connectivity index is 1.95. The fourth-order valence-corrected chi connectivity index (χ4v) is 2.27. The SMILES string of the molecule is Cc1cc(CNc2nc3ccccc3cc2C(N)=S)no1. The summed E-state index contributed by atoms with van der Waals surface area (Å²) in [5.74, 6) is 1.43. The zero-order valence-corrected chi connectivity index (χ0v) is 12.3. The van der Waals surface area contributed by atoms with Crippen LogP contribution in [-0.2, 0) is 6.54 Å². The van der Waals surface area contributed by atoms with E-state index in [9.17, 15) is 0 Å².